The van der Waals surface area contributed by atoms with Crippen LogP contribution in [0.1, 0.15) is 67.4 Å². The van der Waals surface area contributed by atoms with E-state index in [0.717, 1.165) is 5.56 Å². The zero-order chi connectivity index (χ0) is 12.1. The van der Waals surface area contributed by atoms with Crippen molar-refractivity contribution in [3.8, 4) is 0 Å². The van der Waals surface area contributed by atoms with E-state index >= 15 is 0 Å². The molecule has 1 fully saturated rings. The summed E-state index contributed by atoms with van der Waals surface area (Å²) in [5.41, 5.74) is 1.82. The first kappa shape index (κ1) is 12.2. The van der Waals surface area contributed by atoms with E-state index in [4.69, 9.17) is 4.74 Å². The zero-order valence-electron chi connectivity index (χ0n) is 10.5. The smallest absolute Gasteiger partial charge is 0.355 e. The maximum absolute atomic E-state index is 11.8. The third-order valence-electron chi connectivity index (χ3n) is 3.55. The molecular formula is C14H21NO2. The van der Waals surface area contributed by atoms with Crippen molar-refractivity contribution in [1.29, 1.82) is 0 Å². The molecule has 0 saturated heterocycles. The fourth-order valence-electron chi connectivity index (χ4n) is 2.69. The number of nitrogens with one attached hydrogen (secondary N) is 1. The number of hydrogen-bond donors (Lipinski definition) is 1. The molecular weight excluding hydrogens is 214 g/mol. The number of rotatable bonds is 3. The summed E-state index contributed by atoms with van der Waals surface area (Å²) in [4.78, 5) is 14.8. The summed E-state index contributed by atoms with van der Waals surface area (Å²) in [5.74, 6) is 0.319. The lowest BCUT2D eigenvalue weighted by molar-refractivity contribution is 0.0518. The SMILES string of the molecule is CCOC(=O)c1[nH]ccc1C1CCCCCC1. The van der Waals surface area contributed by atoms with Gasteiger partial charge < -0.3 is 9.72 Å². The number of carbonyl (C=O) groups excluding carboxylic acids is 1. The number of esters is 1. The third-order valence-corrected chi connectivity index (χ3v) is 3.55. The van der Waals surface area contributed by atoms with E-state index in [0.29, 0.717) is 18.2 Å². The maximum Gasteiger partial charge on any atom is 0.355 e. The van der Waals surface area contributed by atoms with Crippen molar-refractivity contribution in [2.45, 2.75) is 51.4 Å². The molecule has 0 spiro atoms. The van der Waals surface area contributed by atoms with Crippen molar-refractivity contribution in [2.24, 2.45) is 0 Å². The molecule has 0 unspecified atom stereocenters. The largest absolute Gasteiger partial charge is 0.461 e. The Labute approximate surface area is 103 Å². The molecule has 0 atom stereocenters. The van der Waals surface area contributed by atoms with Gasteiger partial charge in [-0.25, -0.2) is 4.79 Å². The average molecular weight is 235 g/mol. The molecule has 3 heteroatoms. The van der Waals surface area contributed by atoms with Gasteiger partial charge >= 0.3 is 5.97 Å². The average Bonchev–Trinajstić information content (AvgIpc) is 2.65. The Hall–Kier alpha value is -1.25. The molecule has 1 heterocycles. The quantitative estimate of drug-likeness (QED) is 0.642. The lowest BCUT2D eigenvalue weighted by Gasteiger charge is -2.14. The number of ether oxygens (including phenoxy) is 1. The van der Waals surface area contributed by atoms with E-state index in [9.17, 15) is 4.79 Å². The van der Waals surface area contributed by atoms with E-state index in [1.54, 1.807) is 0 Å². The van der Waals surface area contributed by atoms with Crippen LogP contribution in [0.2, 0.25) is 0 Å². The fourth-order valence-corrected chi connectivity index (χ4v) is 2.69. The normalized spacial score (nSPS) is 17.7. The Balaban J connectivity index is 2.14. The number of hydrogen-bond acceptors (Lipinski definition) is 2. The Kier molecular flexibility index (Phi) is 4.24. The third kappa shape index (κ3) is 2.90. The number of H-pyrrole nitrogens is 1. The van der Waals surface area contributed by atoms with Crippen molar-refractivity contribution in [2.75, 3.05) is 6.61 Å². The van der Waals surface area contributed by atoms with Gasteiger partial charge in [0.15, 0.2) is 0 Å². The minimum Gasteiger partial charge on any atom is -0.461 e. The van der Waals surface area contributed by atoms with Crippen LogP contribution in [-0.2, 0) is 4.74 Å². The summed E-state index contributed by atoms with van der Waals surface area (Å²) in [7, 11) is 0. The summed E-state index contributed by atoms with van der Waals surface area (Å²) >= 11 is 0. The number of carbonyl (C=O) groups is 1. The van der Waals surface area contributed by atoms with Crippen LogP contribution in [0.4, 0.5) is 0 Å². The Morgan fingerprint density at radius 3 is 2.71 bits per heavy atom. The molecule has 1 N–H and O–H groups in total. The highest BCUT2D eigenvalue weighted by Gasteiger charge is 2.22. The maximum atomic E-state index is 11.8. The second-order valence-electron chi connectivity index (χ2n) is 4.72. The van der Waals surface area contributed by atoms with Crippen molar-refractivity contribution < 1.29 is 9.53 Å². The lowest BCUT2D eigenvalue weighted by atomic mass is 9.92. The zero-order valence-corrected chi connectivity index (χ0v) is 10.5. The molecule has 0 amide bonds. The predicted molar refractivity (Wildman–Crippen MR) is 67.2 cm³/mol. The highest BCUT2D eigenvalue weighted by molar-refractivity contribution is 5.89. The van der Waals surface area contributed by atoms with Crippen LogP contribution >= 0.6 is 0 Å². The summed E-state index contributed by atoms with van der Waals surface area (Å²) in [5, 5.41) is 0. The molecule has 1 saturated carbocycles. The van der Waals surface area contributed by atoms with E-state index in [-0.39, 0.29) is 5.97 Å². The minimum absolute atomic E-state index is 0.211. The van der Waals surface area contributed by atoms with Crippen LogP contribution in [0.15, 0.2) is 12.3 Å². The number of aromatic amines is 1. The van der Waals surface area contributed by atoms with Crippen molar-refractivity contribution in [3.05, 3.63) is 23.5 Å². The summed E-state index contributed by atoms with van der Waals surface area (Å²) < 4.78 is 5.08. The van der Waals surface area contributed by atoms with E-state index in [2.05, 4.69) is 4.98 Å². The van der Waals surface area contributed by atoms with Gasteiger partial charge in [0.2, 0.25) is 0 Å². The van der Waals surface area contributed by atoms with Crippen LogP contribution in [0.25, 0.3) is 0 Å². The van der Waals surface area contributed by atoms with Gasteiger partial charge in [0.05, 0.1) is 6.61 Å². The molecule has 1 aromatic rings. The van der Waals surface area contributed by atoms with Crippen LogP contribution < -0.4 is 0 Å². The topological polar surface area (TPSA) is 42.1 Å². The van der Waals surface area contributed by atoms with E-state index < -0.39 is 0 Å². The summed E-state index contributed by atoms with van der Waals surface area (Å²) in [6, 6.07) is 2.04. The first-order chi connectivity index (χ1) is 8.33. The van der Waals surface area contributed by atoms with Crippen LogP contribution in [0.5, 0.6) is 0 Å². The molecule has 17 heavy (non-hydrogen) atoms. The Morgan fingerprint density at radius 2 is 2.06 bits per heavy atom. The second kappa shape index (κ2) is 5.89. The predicted octanol–water partition coefficient (Wildman–Crippen LogP) is 3.63. The monoisotopic (exact) mass is 235 g/mol. The fraction of sp³-hybridized carbons (Fsp3) is 0.643. The van der Waals surface area contributed by atoms with Crippen molar-refractivity contribution in [3.63, 3.8) is 0 Å². The van der Waals surface area contributed by atoms with Crippen molar-refractivity contribution in [1.82, 2.24) is 4.98 Å². The van der Waals surface area contributed by atoms with Gasteiger partial charge in [-0.2, -0.15) is 0 Å². The highest BCUT2D eigenvalue weighted by atomic mass is 16.5. The molecule has 0 aromatic carbocycles. The van der Waals surface area contributed by atoms with E-state index in [1.807, 2.05) is 19.2 Å². The molecule has 1 aliphatic carbocycles. The van der Waals surface area contributed by atoms with Crippen molar-refractivity contribution >= 4 is 5.97 Å². The van der Waals surface area contributed by atoms with Gasteiger partial charge in [0.25, 0.3) is 0 Å². The van der Waals surface area contributed by atoms with Gasteiger partial charge in [-0.1, -0.05) is 25.7 Å². The van der Waals surface area contributed by atoms with Gasteiger partial charge in [-0.3, -0.25) is 0 Å². The minimum atomic E-state index is -0.211. The summed E-state index contributed by atoms with van der Waals surface area (Å²) in [6.45, 7) is 2.27. The molecule has 1 aromatic heterocycles. The standard InChI is InChI=1S/C14H21NO2/c1-2-17-14(16)13-12(9-10-15-13)11-7-5-3-4-6-8-11/h9-11,15H,2-8H2,1H3. The molecule has 0 radical (unpaired) electrons. The molecule has 0 bridgehead atoms. The van der Waals surface area contributed by atoms with Gasteiger partial charge in [0.1, 0.15) is 5.69 Å². The molecule has 94 valence electrons. The first-order valence-electron chi connectivity index (χ1n) is 6.67. The highest BCUT2D eigenvalue weighted by Crippen LogP contribution is 2.33. The van der Waals surface area contributed by atoms with Gasteiger partial charge in [-0.15, -0.1) is 0 Å². The van der Waals surface area contributed by atoms with Crippen LogP contribution in [0, 0.1) is 0 Å². The second-order valence-corrected chi connectivity index (χ2v) is 4.72. The molecule has 1 aliphatic rings. The Morgan fingerprint density at radius 1 is 1.35 bits per heavy atom. The lowest BCUT2D eigenvalue weighted by Crippen LogP contribution is -2.10. The first-order valence-corrected chi connectivity index (χ1v) is 6.67. The molecule has 0 aliphatic heterocycles. The van der Waals surface area contributed by atoms with E-state index in [1.165, 1.54) is 38.5 Å². The summed E-state index contributed by atoms with van der Waals surface area (Å²) in [6.07, 6.45) is 9.46. The van der Waals surface area contributed by atoms with Gasteiger partial charge in [-0.05, 0) is 37.3 Å². The Bertz CT molecular complexity index is 362. The molecule has 3 nitrogen and oxygen atoms in total. The number of aromatic nitrogens is 1. The molecule has 2 rings (SSSR count). The van der Waals surface area contributed by atoms with Crippen LogP contribution in [0.3, 0.4) is 0 Å². The van der Waals surface area contributed by atoms with Gasteiger partial charge in [0, 0.05) is 6.20 Å². The van der Waals surface area contributed by atoms with Crippen LogP contribution in [-0.4, -0.2) is 17.6 Å².